The van der Waals surface area contributed by atoms with Gasteiger partial charge in [-0.05, 0) is 62.3 Å². The molecule has 166 valence electrons. The summed E-state index contributed by atoms with van der Waals surface area (Å²) in [6.07, 6.45) is 3.97. The van der Waals surface area contributed by atoms with E-state index in [4.69, 9.17) is 18.7 Å². The molecule has 0 amide bonds. The molecule has 2 aromatic carbocycles. The van der Waals surface area contributed by atoms with Gasteiger partial charge in [-0.15, -0.1) is 0 Å². The first-order valence-electron chi connectivity index (χ1n) is 11.1. The molecule has 3 saturated heterocycles. The molecule has 0 N–H and O–H groups in total. The molecule has 4 aliphatic heterocycles. The number of rotatable bonds is 5. The molecule has 7 nitrogen and oxygen atoms in total. The molecule has 5 heterocycles. The predicted octanol–water partition coefficient (Wildman–Crippen LogP) is 4.07. The Hall–Kier alpha value is -3.19. The van der Waals surface area contributed by atoms with Crippen LogP contribution in [0.2, 0.25) is 0 Å². The average molecular weight is 434 g/mol. The zero-order chi connectivity index (χ0) is 21.7. The van der Waals surface area contributed by atoms with Gasteiger partial charge in [-0.3, -0.25) is 4.90 Å². The number of hydrogen-bond acceptors (Lipinski definition) is 7. The van der Waals surface area contributed by atoms with Gasteiger partial charge in [-0.1, -0.05) is 5.16 Å². The highest BCUT2D eigenvalue weighted by Gasteiger charge is 2.57. The van der Waals surface area contributed by atoms with Crippen LogP contribution in [0.3, 0.4) is 0 Å². The van der Waals surface area contributed by atoms with E-state index in [1.165, 1.54) is 0 Å². The number of furan rings is 1. The summed E-state index contributed by atoms with van der Waals surface area (Å²) in [7, 11) is 3.37. The molecule has 4 aliphatic rings. The number of methoxy groups -OCH3 is 2. The van der Waals surface area contributed by atoms with E-state index >= 15 is 0 Å². The van der Waals surface area contributed by atoms with Crippen molar-refractivity contribution < 1.29 is 18.7 Å². The normalized spacial score (nSPS) is 26.4. The molecule has 3 aromatic rings. The molecule has 0 aliphatic carbocycles. The second-order valence-electron chi connectivity index (χ2n) is 8.84. The molecule has 7 rings (SSSR count). The molecule has 2 bridgehead atoms. The summed E-state index contributed by atoms with van der Waals surface area (Å²) >= 11 is 0. The van der Waals surface area contributed by atoms with Gasteiger partial charge in [0, 0.05) is 28.5 Å². The standard InChI is InChI=1S/C25H27N3O4/c1-29-21-5-3-19(23(14-21)30-2)15-28-24(18-4-6-22-17(13-18)9-12-31-22)26-32-25(28)16-27-10-7-20(25)8-11-27/h3-6,9,12-14,20H,7-8,10-11,15-16H2,1-2H3. The number of nitrogens with zero attached hydrogens (tertiary/aromatic N) is 3. The molecular weight excluding hydrogens is 406 g/mol. The van der Waals surface area contributed by atoms with Crippen LogP contribution in [0.1, 0.15) is 24.0 Å². The van der Waals surface area contributed by atoms with Crippen molar-refractivity contribution in [3.63, 3.8) is 0 Å². The summed E-state index contributed by atoms with van der Waals surface area (Å²) in [5, 5.41) is 5.74. The van der Waals surface area contributed by atoms with Gasteiger partial charge in [0.15, 0.2) is 5.84 Å². The maximum absolute atomic E-state index is 6.36. The van der Waals surface area contributed by atoms with Crippen LogP contribution in [0.15, 0.2) is 58.3 Å². The van der Waals surface area contributed by atoms with Gasteiger partial charge in [0.2, 0.25) is 5.72 Å². The first kappa shape index (κ1) is 19.5. The Balaban J connectivity index is 1.42. The van der Waals surface area contributed by atoms with Crippen molar-refractivity contribution in [1.29, 1.82) is 0 Å². The van der Waals surface area contributed by atoms with Crippen molar-refractivity contribution in [2.24, 2.45) is 11.1 Å². The molecule has 0 saturated carbocycles. The Bertz CT molecular complexity index is 1180. The van der Waals surface area contributed by atoms with Crippen molar-refractivity contribution >= 4 is 16.8 Å². The van der Waals surface area contributed by atoms with E-state index in [0.29, 0.717) is 12.5 Å². The highest BCUT2D eigenvalue weighted by Crippen LogP contribution is 2.45. The smallest absolute Gasteiger partial charge is 0.227 e. The summed E-state index contributed by atoms with van der Waals surface area (Å²) < 4.78 is 16.7. The Morgan fingerprint density at radius 2 is 1.94 bits per heavy atom. The fourth-order valence-electron chi connectivity index (χ4n) is 5.48. The fraction of sp³-hybridized carbons (Fsp3) is 0.400. The third-order valence-electron chi connectivity index (χ3n) is 7.21. The lowest BCUT2D eigenvalue weighted by Gasteiger charge is -2.53. The molecule has 7 heteroatoms. The van der Waals surface area contributed by atoms with Crippen molar-refractivity contribution in [1.82, 2.24) is 9.80 Å². The summed E-state index contributed by atoms with van der Waals surface area (Å²) in [6.45, 7) is 3.76. The van der Waals surface area contributed by atoms with Crippen LogP contribution in [0.4, 0.5) is 0 Å². The zero-order valence-corrected chi connectivity index (χ0v) is 18.4. The van der Waals surface area contributed by atoms with Crippen molar-refractivity contribution in [2.75, 3.05) is 33.9 Å². The van der Waals surface area contributed by atoms with Crippen molar-refractivity contribution in [2.45, 2.75) is 25.1 Å². The molecule has 3 fully saturated rings. The molecule has 1 aromatic heterocycles. The van der Waals surface area contributed by atoms with E-state index in [0.717, 1.165) is 71.9 Å². The van der Waals surface area contributed by atoms with E-state index in [1.54, 1.807) is 20.5 Å². The number of hydrogen-bond donors (Lipinski definition) is 0. The molecular formula is C25H27N3O4. The van der Waals surface area contributed by atoms with Crippen LogP contribution in [0.25, 0.3) is 11.0 Å². The van der Waals surface area contributed by atoms with Gasteiger partial charge in [0.05, 0.1) is 33.6 Å². The van der Waals surface area contributed by atoms with Crippen LogP contribution >= 0.6 is 0 Å². The highest BCUT2D eigenvalue weighted by atomic mass is 16.7. The van der Waals surface area contributed by atoms with Crippen LogP contribution in [-0.2, 0) is 11.4 Å². The first-order chi connectivity index (χ1) is 15.7. The molecule has 1 unspecified atom stereocenters. The van der Waals surface area contributed by atoms with Crippen LogP contribution in [0.5, 0.6) is 11.5 Å². The summed E-state index contributed by atoms with van der Waals surface area (Å²) in [5.41, 5.74) is 2.52. The van der Waals surface area contributed by atoms with Gasteiger partial charge < -0.3 is 23.6 Å². The lowest BCUT2D eigenvalue weighted by Crippen LogP contribution is -2.66. The van der Waals surface area contributed by atoms with E-state index < -0.39 is 5.72 Å². The van der Waals surface area contributed by atoms with Gasteiger partial charge in [-0.25, -0.2) is 0 Å². The molecule has 32 heavy (non-hydrogen) atoms. The Morgan fingerprint density at radius 1 is 1.06 bits per heavy atom. The van der Waals surface area contributed by atoms with E-state index in [1.807, 2.05) is 24.3 Å². The minimum atomic E-state index is -0.456. The lowest BCUT2D eigenvalue weighted by atomic mass is 9.79. The van der Waals surface area contributed by atoms with Gasteiger partial charge >= 0.3 is 0 Å². The number of piperidine rings is 3. The third kappa shape index (κ3) is 2.95. The number of ether oxygens (including phenoxy) is 2. The lowest BCUT2D eigenvalue weighted by molar-refractivity contribution is -0.198. The molecule has 0 radical (unpaired) electrons. The number of fused-ring (bicyclic) bond motifs is 3. The maximum Gasteiger partial charge on any atom is 0.227 e. The quantitative estimate of drug-likeness (QED) is 0.605. The minimum absolute atomic E-state index is 0.440. The average Bonchev–Trinajstić information content (AvgIpc) is 3.45. The fourth-order valence-corrected chi connectivity index (χ4v) is 5.48. The first-order valence-corrected chi connectivity index (χ1v) is 11.1. The summed E-state index contributed by atoms with van der Waals surface area (Å²) in [5.74, 6) is 2.88. The number of benzene rings is 2. The van der Waals surface area contributed by atoms with E-state index in [-0.39, 0.29) is 0 Å². The second-order valence-corrected chi connectivity index (χ2v) is 8.84. The van der Waals surface area contributed by atoms with E-state index in [2.05, 4.69) is 33.2 Å². The topological polar surface area (TPSA) is 59.7 Å². The van der Waals surface area contributed by atoms with Crippen LogP contribution in [0, 0.1) is 5.92 Å². The van der Waals surface area contributed by atoms with Gasteiger partial charge in [0.1, 0.15) is 17.1 Å². The monoisotopic (exact) mass is 433 g/mol. The summed E-state index contributed by atoms with van der Waals surface area (Å²) in [6, 6.07) is 14.2. The van der Waals surface area contributed by atoms with Crippen molar-refractivity contribution in [3.05, 3.63) is 59.9 Å². The molecule has 1 spiro atoms. The van der Waals surface area contributed by atoms with Crippen molar-refractivity contribution in [3.8, 4) is 11.5 Å². The Kier molecular flexibility index (Phi) is 4.54. The SMILES string of the molecule is COc1ccc(CN2C(c3ccc4occc4c3)=NOC23CN2CCC3CC2)c(OC)c1. The van der Waals surface area contributed by atoms with Gasteiger partial charge in [-0.2, -0.15) is 0 Å². The van der Waals surface area contributed by atoms with Gasteiger partial charge in [0.25, 0.3) is 0 Å². The Labute approximate surface area is 187 Å². The Morgan fingerprint density at radius 3 is 2.69 bits per heavy atom. The predicted molar refractivity (Wildman–Crippen MR) is 121 cm³/mol. The largest absolute Gasteiger partial charge is 0.497 e. The van der Waals surface area contributed by atoms with Crippen LogP contribution < -0.4 is 9.47 Å². The number of amidine groups is 1. The van der Waals surface area contributed by atoms with Crippen LogP contribution in [-0.4, -0.2) is 55.2 Å². The highest BCUT2D eigenvalue weighted by molar-refractivity contribution is 6.02. The third-order valence-corrected chi connectivity index (χ3v) is 7.21. The number of oxime groups is 1. The zero-order valence-electron chi connectivity index (χ0n) is 18.4. The second kappa shape index (κ2) is 7.45. The molecule has 1 atom stereocenters. The minimum Gasteiger partial charge on any atom is -0.497 e. The van der Waals surface area contributed by atoms with E-state index in [9.17, 15) is 0 Å². The summed E-state index contributed by atoms with van der Waals surface area (Å²) in [4.78, 5) is 11.2. The maximum atomic E-state index is 6.36.